The van der Waals surface area contributed by atoms with Gasteiger partial charge in [0, 0.05) is 18.5 Å². The highest BCUT2D eigenvalue weighted by molar-refractivity contribution is 7.92. The highest BCUT2D eigenvalue weighted by atomic mass is 32.2. The summed E-state index contributed by atoms with van der Waals surface area (Å²) in [4.78, 5) is 28.3. The van der Waals surface area contributed by atoms with Gasteiger partial charge in [-0.2, -0.15) is 4.31 Å². The van der Waals surface area contributed by atoms with Gasteiger partial charge in [0.1, 0.15) is 11.4 Å². The van der Waals surface area contributed by atoms with Crippen LogP contribution in [0.3, 0.4) is 0 Å². The highest BCUT2D eigenvalue weighted by Crippen LogP contribution is 2.17. The number of benzene rings is 3. The third kappa shape index (κ3) is 7.52. The van der Waals surface area contributed by atoms with Gasteiger partial charge in [0.05, 0.1) is 30.3 Å². The van der Waals surface area contributed by atoms with Gasteiger partial charge in [-0.05, 0) is 47.4 Å². The lowest BCUT2D eigenvalue weighted by Gasteiger charge is -2.27. The predicted molar refractivity (Wildman–Crippen MR) is 154 cm³/mol. The number of carbonyl (C=O) groups excluding carboxylic acids is 1. The maximum atomic E-state index is 13.7. The van der Waals surface area contributed by atoms with Crippen LogP contribution in [0.5, 0.6) is 0 Å². The average Bonchev–Trinajstić information content (AvgIpc) is 2.94. The zero-order valence-electron chi connectivity index (χ0n) is 22.4. The number of para-hydroxylation sites is 1. The van der Waals surface area contributed by atoms with Crippen molar-refractivity contribution in [1.29, 1.82) is 0 Å². The molecule has 0 saturated carbocycles. The van der Waals surface area contributed by atoms with E-state index in [9.17, 15) is 22.4 Å². The number of nitrogens with zero attached hydrogens (tertiary/aromatic N) is 2. The van der Waals surface area contributed by atoms with E-state index in [-0.39, 0.29) is 36.5 Å². The molecule has 0 aliphatic carbocycles. The molecule has 0 fully saturated rings. The summed E-state index contributed by atoms with van der Waals surface area (Å²) in [5.74, 6) is -0.976. The summed E-state index contributed by atoms with van der Waals surface area (Å²) in [7, 11) is -3.96. The van der Waals surface area contributed by atoms with Gasteiger partial charge >= 0.3 is 0 Å². The lowest BCUT2D eigenvalue weighted by atomic mass is 10.1. The van der Waals surface area contributed by atoms with Crippen LogP contribution in [0.2, 0.25) is 0 Å². The Morgan fingerprint density at radius 2 is 1.62 bits per heavy atom. The molecule has 3 aromatic carbocycles. The Kier molecular flexibility index (Phi) is 9.29. The Bertz CT molecular complexity index is 1650. The molecule has 40 heavy (non-hydrogen) atoms. The van der Waals surface area contributed by atoms with Gasteiger partial charge in [-0.1, -0.05) is 68.4 Å². The summed E-state index contributed by atoms with van der Waals surface area (Å²) in [6.45, 7) is 3.35. The third-order valence-corrected chi connectivity index (χ3v) is 7.70. The van der Waals surface area contributed by atoms with E-state index in [2.05, 4.69) is 0 Å². The van der Waals surface area contributed by atoms with Crippen molar-refractivity contribution in [2.45, 2.75) is 26.9 Å². The first kappa shape index (κ1) is 28.9. The second-order valence-corrected chi connectivity index (χ2v) is 11.7. The molecule has 1 aromatic heterocycles. The number of sulfonamides is 1. The minimum absolute atomic E-state index is 0.0425. The SMILES string of the molecule is CC(C)CN(CC(=O)N(Cc1ccc(F)cc1)Cc1coc2ccccc2c1=O)S(=O)(=O)C=Cc1ccccc1. The van der Waals surface area contributed by atoms with Crippen molar-refractivity contribution in [3.63, 3.8) is 0 Å². The van der Waals surface area contributed by atoms with Gasteiger partial charge in [-0.25, -0.2) is 12.8 Å². The molecule has 7 nitrogen and oxygen atoms in total. The molecule has 208 valence electrons. The van der Waals surface area contributed by atoms with Crippen molar-refractivity contribution in [3.8, 4) is 0 Å². The highest BCUT2D eigenvalue weighted by Gasteiger charge is 2.27. The minimum atomic E-state index is -3.96. The number of hydrogen-bond donors (Lipinski definition) is 0. The number of carbonyl (C=O) groups is 1. The van der Waals surface area contributed by atoms with Gasteiger partial charge in [0.25, 0.3) is 0 Å². The quantitative estimate of drug-likeness (QED) is 0.244. The Hall–Kier alpha value is -4.08. The van der Waals surface area contributed by atoms with Crippen LogP contribution in [0.25, 0.3) is 17.0 Å². The van der Waals surface area contributed by atoms with Gasteiger partial charge < -0.3 is 9.32 Å². The minimum Gasteiger partial charge on any atom is -0.464 e. The van der Waals surface area contributed by atoms with Crippen LogP contribution < -0.4 is 5.43 Å². The molecule has 0 bridgehead atoms. The molecule has 0 N–H and O–H groups in total. The van der Waals surface area contributed by atoms with Crippen LogP contribution in [-0.2, 0) is 27.9 Å². The van der Waals surface area contributed by atoms with Crippen molar-refractivity contribution in [2.75, 3.05) is 13.1 Å². The van der Waals surface area contributed by atoms with E-state index in [0.29, 0.717) is 22.1 Å². The van der Waals surface area contributed by atoms with Crippen molar-refractivity contribution in [1.82, 2.24) is 9.21 Å². The zero-order valence-corrected chi connectivity index (χ0v) is 23.2. The van der Waals surface area contributed by atoms with Crippen LogP contribution in [0.15, 0.2) is 99.7 Å². The predicted octanol–water partition coefficient (Wildman–Crippen LogP) is 5.42. The van der Waals surface area contributed by atoms with Gasteiger partial charge in [0.2, 0.25) is 15.9 Å². The fourth-order valence-corrected chi connectivity index (χ4v) is 5.50. The molecule has 1 heterocycles. The maximum Gasteiger partial charge on any atom is 0.238 e. The van der Waals surface area contributed by atoms with E-state index in [1.165, 1.54) is 29.4 Å². The summed E-state index contributed by atoms with van der Waals surface area (Å²) in [5.41, 5.74) is 1.73. The summed E-state index contributed by atoms with van der Waals surface area (Å²) in [6.07, 6.45) is 2.81. The van der Waals surface area contributed by atoms with Crippen LogP contribution in [0, 0.1) is 11.7 Å². The van der Waals surface area contributed by atoms with E-state index in [4.69, 9.17) is 4.42 Å². The summed E-state index contributed by atoms with van der Waals surface area (Å²) >= 11 is 0. The van der Waals surface area contributed by atoms with E-state index < -0.39 is 28.3 Å². The smallest absolute Gasteiger partial charge is 0.238 e. The normalized spacial score (nSPS) is 12.0. The lowest BCUT2D eigenvalue weighted by molar-refractivity contribution is -0.132. The van der Waals surface area contributed by atoms with Crippen LogP contribution in [0.1, 0.15) is 30.5 Å². The van der Waals surface area contributed by atoms with Crippen LogP contribution in [-0.4, -0.2) is 36.6 Å². The number of amides is 1. The van der Waals surface area contributed by atoms with E-state index >= 15 is 0 Å². The molecule has 0 saturated heterocycles. The number of hydrogen-bond acceptors (Lipinski definition) is 5. The molecule has 1 amide bonds. The van der Waals surface area contributed by atoms with Gasteiger partial charge in [0.15, 0.2) is 5.43 Å². The Morgan fingerprint density at radius 1 is 0.950 bits per heavy atom. The van der Waals surface area contributed by atoms with Crippen molar-refractivity contribution < 1.29 is 22.0 Å². The number of fused-ring (bicyclic) bond motifs is 1. The zero-order chi connectivity index (χ0) is 28.7. The van der Waals surface area contributed by atoms with E-state index in [1.54, 1.807) is 60.7 Å². The monoisotopic (exact) mass is 562 g/mol. The second kappa shape index (κ2) is 12.8. The molecule has 4 rings (SSSR count). The fourth-order valence-electron chi connectivity index (χ4n) is 4.21. The van der Waals surface area contributed by atoms with Crippen molar-refractivity contribution in [2.24, 2.45) is 5.92 Å². The molecule has 0 aliphatic rings. The summed E-state index contributed by atoms with van der Waals surface area (Å²) < 4.78 is 46.9. The first-order valence-electron chi connectivity index (χ1n) is 12.9. The fraction of sp³-hybridized carbons (Fsp3) is 0.226. The van der Waals surface area contributed by atoms with Gasteiger partial charge in [-0.15, -0.1) is 0 Å². The molecule has 0 radical (unpaired) electrons. The Labute approximate surface area is 233 Å². The van der Waals surface area contributed by atoms with E-state index in [0.717, 1.165) is 9.71 Å². The second-order valence-electron chi connectivity index (χ2n) is 9.91. The van der Waals surface area contributed by atoms with E-state index in [1.807, 2.05) is 19.9 Å². The first-order chi connectivity index (χ1) is 19.1. The van der Waals surface area contributed by atoms with Crippen LogP contribution in [0.4, 0.5) is 4.39 Å². The van der Waals surface area contributed by atoms with Crippen molar-refractivity contribution >= 4 is 33.0 Å². The number of halogens is 1. The van der Waals surface area contributed by atoms with Crippen molar-refractivity contribution in [3.05, 3.63) is 123 Å². The third-order valence-electron chi connectivity index (χ3n) is 6.22. The molecule has 0 unspecified atom stereocenters. The summed E-state index contributed by atoms with van der Waals surface area (Å²) in [6, 6.07) is 21.5. The largest absolute Gasteiger partial charge is 0.464 e. The molecule has 0 spiro atoms. The number of rotatable bonds is 11. The molecule has 4 aromatic rings. The Balaban J connectivity index is 1.64. The first-order valence-corrected chi connectivity index (χ1v) is 14.4. The topological polar surface area (TPSA) is 87.9 Å². The standard InChI is InChI=1S/C31H31FN2O5S/c1-23(2)18-34(40(37,38)17-16-24-8-4-3-5-9-24)21-30(35)33(19-25-12-14-27(32)15-13-25)20-26-22-39-29-11-7-6-10-28(29)31(26)36/h3-17,22-23H,18-21H2,1-2H3. The van der Waals surface area contributed by atoms with Gasteiger partial charge in [-0.3, -0.25) is 9.59 Å². The molecule has 9 heteroatoms. The average molecular weight is 563 g/mol. The molecular weight excluding hydrogens is 531 g/mol. The summed E-state index contributed by atoms with van der Waals surface area (Å²) in [5, 5.41) is 1.48. The Morgan fingerprint density at radius 3 is 2.33 bits per heavy atom. The molecule has 0 atom stereocenters. The lowest BCUT2D eigenvalue weighted by Crippen LogP contribution is -2.43. The van der Waals surface area contributed by atoms with Crippen LogP contribution >= 0.6 is 0 Å². The molecular formula is C31H31FN2O5S. The maximum absolute atomic E-state index is 13.7. The molecule has 0 aliphatic heterocycles.